The number of amides is 1. The highest BCUT2D eigenvalue weighted by atomic mass is 35.5. The molecule has 3 N–H and O–H groups in total. The van der Waals surface area contributed by atoms with Crippen LogP contribution >= 0.6 is 23.2 Å². The SMILES string of the molecule is CC[C@@H]1/C(=C/C(N)=O)C[C@@H](c2ccc(Cl)cc2)N[C@H]1c1ccc(Cl)cc1. The molecule has 3 nitrogen and oxygen atoms in total. The van der Waals surface area contributed by atoms with Crippen molar-refractivity contribution in [3.8, 4) is 0 Å². The monoisotopic (exact) mass is 388 g/mol. The number of benzene rings is 2. The van der Waals surface area contributed by atoms with Crippen molar-refractivity contribution < 1.29 is 4.79 Å². The molecule has 1 amide bonds. The Hall–Kier alpha value is -1.81. The van der Waals surface area contributed by atoms with E-state index in [9.17, 15) is 4.79 Å². The molecule has 0 bridgehead atoms. The number of piperidine rings is 1. The topological polar surface area (TPSA) is 55.1 Å². The van der Waals surface area contributed by atoms with E-state index in [1.165, 1.54) is 0 Å². The van der Waals surface area contributed by atoms with E-state index in [1.807, 2.05) is 48.5 Å². The van der Waals surface area contributed by atoms with Crippen LogP contribution in [0.3, 0.4) is 0 Å². The Morgan fingerprint density at radius 3 is 2.12 bits per heavy atom. The number of hydrogen-bond donors (Lipinski definition) is 2. The fraction of sp³-hybridized carbons (Fsp3) is 0.286. The maximum atomic E-state index is 11.6. The van der Waals surface area contributed by atoms with Crippen LogP contribution in [0.25, 0.3) is 0 Å². The molecule has 0 radical (unpaired) electrons. The first-order valence-electron chi connectivity index (χ1n) is 8.74. The van der Waals surface area contributed by atoms with Crippen molar-refractivity contribution in [3.05, 3.63) is 81.4 Å². The van der Waals surface area contributed by atoms with Gasteiger partial charge in [-0.3, -0.25) is 4.79 Å². The average Bonchev–Trinajstić information content (AvgIpc) is 2.62. The molecule has 2 aromatic rings. The third-order valence-corrected chi connectivity index (χ3v) is 5.47. The fourth-order valence-electron chi connectivity index (χ4n) is 3.75. The van der Waals surface area contributed by atoms with Gasteiger partial charge in [0.15, 0.2) is 0 Å². The van der Waals surface area contributed by atoms with Crippen molar-refractivity contribution in [2.75, 3.05) is 0 Å². The van der Waals surface area contributed by atoms with Gasteiger partial charge >= 0.3 is 0 Å². The van der Waals surface area contributed by atoms with Gasteiger partial charge in [0.1, 0.15) is 0 Å². The number of nitrogens with two attached hydrogens (primary N) is 1. The van der Waals surface area contributed by atoms with Crippen molar-refractivity contribution >= 4 is 29.1 Å². The Balaban J connectivity index is 2.00. The van der Waals surface area contributed by atoms with Crippen LogP contribution in [0.2, 0.25) is 10.0 Å². The molecule has 3 rings (SSSR count). The van der Waals surface area contributed by atoms with E-state index in [2.05, 4.69) is 12.2 Å². The number of primary amides is 1. The van der Waals surface area contributed by atoms with Crippen LogP contribution < -0.4 is 11.1 Å². The maximum Gasteiger partial charge on any atom is 0.241 e. The van der Waals surface area contributed by atoms with Crippen molar-refractivity contribution in [2.45, 2.75) is 31.8 Å². The second kappa shape index (κ2) is 8.26. The molecule has 2 aromatic carbocycles. The highest BCUT2D eigenvalue weighted by Crippen LogP contribution is 2.42. The minimum Gasteiger partial charge on any atom is -0.366 e. The molecule has 5 heteroatoms. The molecule has 0 saturated carbocycles. The average molecular weight is 389 g/mol. The first-order valence-corrected chi connectivity index (χ1v) is 9.50. The number of rotatable bonds is 4. The number of carbonyl (C=O) groups is 1. The van der Waals surface area contributed by atoms with Gasteiger partial charge in [-0.2, -0.15) is 0 Å². The lowest BCUT2D eigenvalue weighted by Crippen LogP contribution is -2.38. The predicted octanol–water partition coefficient (Wildman–Crippen LogP) is 5.21. The van der Waals surface area contributed by atoms with Crippen LogP contribution in [0, 0.1) is 5.92 Å². The number of halogens is 2. The lowest BCUT2D eigenvalue weighted by Gasteiger charge is -2.40. The summed E-state index contributed by atoms with van der Waals surface area (Å²) in [7, 11) is 0. The van der Waals surface area contributed by atoms with Gasteiger partial charge in [-0.25, -0.2) is 0 Å². The van der Waals surface area contributed by atoms with Gasteiger partial charge in [0.05, 0.1) is 0 Å². The van der Waals surface area contributed by atoms with Crippen molar-refractivity contribution in [1.82, 2.24) is 5.32 Å². The molecule has 0 aromatic heterocycles. The molecule has 0 unspecified atom stereocenters. The third kappa shape index (κ3) is 4.29. The number of hydrogen-bond acceptors (Lipinski definition) is 2. The van der Waals surface area contributed by atoms with Crippen LogP contribution in [0.4, 0.5) is 0 Å². The van der Waals surface area contributed by atoms with E-state index in [0.29, 0.717) is 10.0 Å². The summed E-state index contributed by atoms with van der Waals surface area (Å²) >= 11 is 12.1. The largest absolute Gasteiger partial charge is 0.366 e. The highest BCUT2D eigenvalue weighted by molar-refractivity contribution is 6.30. The molecule has 3 atom stereocenters. The smallest absolute Gasteiger partial charge is 0.241 e. The van der Waals surface area contributed by atoms with Gasteiger partial charge in [0.2, 0.25) is 5.91 Å². The van der Waals surface area contributed by atoms with E-state index >= 15 is 0 Å². The maximum absolute atomic E-state index is 11.6. The highest BCUT2D eigenvalue weighted by Gasteiger charge is 2.34. The molecule has 26 heavy (non-hydrogen) atoms. The second-order valence-corrected chi connectivity index (χ2v) is 7.51. The molecule has 1 saturated heterocycles. The number of carbonyl (C=O) groups excluding carboxylic acids is 1. The zero-order valence-corrected chi connectivity index (χ0v) is 16.1. The quantitative estimate of drug-likeness (QED) is 0.706. The van der Waals surface area contributed by atoms with E-state index < -0.39 is 5.91 Å². The van der Waals surface area contributed by atoms with E-state index in [0.717, 1.165) is 29.5 Å². The number of nitrogens with one attached hydrogen (secondary N) is 1. The van der Waals surface area contributed by atoms with Crippen LogP contribution in [-0.2, 0) is 4.79 Å². The molecule has 1 aliphatic rings. The summed E-state index contributed by atoms with van der Waals surface area (Å²) in [5, 5.41) is 5.16. The lowest BCUT2D eigenvalue weighted by molar-refractivity contribution is -0.113. The molecule has 0 aliphatic carbocycles. The molecular formula is C21H22Cl2N2O. The van der Waals surface area contributed by atoms with Crippen LogP contribution in [0.5, 0.6) is 0 Å². The predicted molar refractivity (Wildman–Crippen MR) is 107 cm³/mol. The van der Waals surface area contributed by atoms with E-state index in [4.69, 9.17) is 28.9 Å². The summed E-state index contributed by atoms with van der Waals surface area (Å²) in [6, 6.07) is 15.9. The van der Waals surface area contributed by atoms with E-state index in [-0.39, 0.29) is 18.0 Å². The summed E-state index contributed by atoms with van der Waals surface area (Å²) in [6.45, 7) is 2.13. The first-order chi connectivity index (χ1) is 12.5. The van der Waals surface area contributed by atoms with Crippen molar-refractivity contribution in [2.24, 2.45) is 11.7 Å². The van der Waals surface area contributed by atoms with E-state index in [1.54, 1.807) is 6.08 Å². The lowest BCUT2D eigenvalue weighted by atomic mass is 9.76. The third-order valence-electron chi connectivity index (χ3n) is 4.97. The second-order valence-electron chi connectivity index (χ2n) is 6.64. The summed E-state index contributed by atoms with van der Waals surface area (Å²) in [6.07, 6.45) is 3.25. The summed E-state index contributed by atoms with van der Waals surface area (Å²) in [4.78, 5) is 11.6. The Morgan fingerprint density at radius 1 is 1.08 bits per heavy atom. The summed E-state index contributed by atoms with van der Waals surface area (Å²) < 4.78 is 0. The first kappa shape index (κ1) is 19.0. The minimum atomic E-state index is -0.398. The molecule has 1 aliphatic heterocycles. The van der Waals surface area contributed by atoms with Gasteiger partial charge in [-0.05, 0) is 54.2 Å². The summed E-state index contributed by atoms with van der Waals surface area (Å²) in [5.74, 6) is -0.197. The van der Waals surface area contributed by atoms with Gasteiger partial charge in [-0.15, -0.1) is 0 Å². The summed E-state index contributed by atoms with van der Waals surface area (Å²) in [5.41, 5.74) is 8.85. The van der Waals surface area contributed by atoms with Gasteiger partial charge in [-0.1, -0.05) is 60.0 Å². The standard InChI is InChI=1S/C21H22Cl2N2O/c1-2-18-15(12-20(24)26)11-19(13-3-7-16(22)8-4-13)25-21(18)14-5-9-17(23)10-6-14/h3-10,12,18-19,21,25H,2,11H2,1H3,(H2,24,26)/b15-12+/t18-,19+,21+/m1/s1. The molecule has 1 fully saturated rings. The zero-order chi connectivity index (χ0) is 18.7. The van der Waals surface area contributed by atoms with Crippen LogP contribution in [0.15, 0.2) is 60.2 Å². The zero-order valence-electron chi connectivity index (χ0n) is 14.6. The van der Waals surface area contributed by atoms with Gasteiger partial charge in [0, 0.05) is 28.2 Å². The molecule has 136 valence electrons. The van der Waals surface area contributed by atoms with Crippen LogP contribution in [-0.4, -0.2) is 5.91 Å². The van der Waals surface area contributed by atoms with Crippen molar-refractivity contribution in [3.63, 3.8) is 0 Å². The van der Waals surface area contributed by atoms with Crippen molar-refractivity contribution in [1.29, 1.82) is 0 Å². The minimum absolute atomic E-state index is 0.0808. The Morgan fingerprint density at radius 2 is 1.62 bits per heavy atom. The Bertz CT molecular complexity index is 800. The molecule has 1 heterocycles. The van der Waals surface area contributed by atoms with Gasteiger partial charge in [0.25, 0.3) is 0 Å². The normalized spacial score (nSPS) is 24.6. The van der Waals surface area contributed by atoms with Gasteiger partial charge < -0.3 is 11.1 Å². The Kier molecular flexibility index (Phi) is 6.02. The van der Waals surface area contributed by atoms with Crippen LogP contribution in [0.1, 0.15) is 43.0 Å². The molecule has 0 spiro atoms. The molecular weight excluding hydrogens is 367 g/mol. The Labute approximate surface area is 164 Å². The fourth-order valence-corrected chi connectivity index (χ4v) is 4.00.